The molecule has 1 amide bonds. The van der Waals surface area contributed by atoms with E-state index in [1.54, 1.807) is 30.1 Å². The Kier molecular flexibility index (Phi) is 6.47. The van der Waals surface area contributed by atoms with Crippen LogP contribution in [0.15, 0.2) is 12.3 Å². The van der Waals surface area contributed by atoms with Crippen molar-refractivity contribution in [2.45, 2.75) is 72.8 Å². The number of nitrogens with zero attached hydrogens (tertiary/aromatic N) is 2. The maximum atomic E-state index is 13.4. The van der Waals surface area contributed by atoms with Gasteiger partial charge < -0.3 is 15.2 Å². The fraction of sp³-hybridized carbons (Fsp3) is 0.731. The van der Waals surface area contributed by atoms with Gasteiger partial charge in [0.05, 0.1) is 12.8 Å². The molecule has 1 aromatic rings. The number of hydrogen-bond acceptors (Lipinski definition) is 5. The zero-order valence-electron chi connectivity index (χ0n) is 20.6. The molecule has 1 heterocycles. The Balaban J connectivity index is 1.54. The predicted molar refractivity (Wildman–Crippen MR) is 127 cm³/mol. The van der Waals surface area contributed by atoms with Crippen molar-refractivity contribution < 1.29 is 19.4 Å². The average molecular weight is 458 g/mol. The zero-order chi connectivity index (χ0) is 24.0. The van der Waals surface area contributed by atoms with Gasteiger partial charge in [-0.05, 0) is 82.0 Å². The summed E-state index contributed by atoms with van der Waals surface area (Å²) in [5, 5.41) is 17.7. The van der Waals surface area contributed by atoms with Crippen molar-refractivity contribution in [3.05, 3.63) is 17.8 Å². The molecule has 2 N–H and O–H groups in total. The van der Waals surface area contributed by atoms with Gasteiger partial charge in [0.2, 0.25) is 5.88 Å². The highest BCUT2D eigenvalue weighted by Crippen LogP contribution is 2.59. The van der Waals surface area contributed by atoms with Crippen LogP contribution in [0.5, 0.6) is 5.88 Å². The Morgan fingerprint density at radius 3 is 2.55 bits per heavy atom. The first-order chi connectivity index (χ1) is 15.5. The number of hydrogen-bond donors (Lipinski definition) is 2. The van der Waals surface area contributed by atoms with Gasteiger partial charge in [-0.25, -0.2) is 4.68 Å². The third-order valence-corrected chi connectivity index (χ3v) is 8.12. The van der Waals surface area contributed by atoms with E-state index in [4.69, 9.17) is 4.74 Å². The molecule has 4 aliphatic carbocycles. The number of carbonyl (C=O) groups is 2. The number of amides is 1. The fourth-order valence-corrected chi connectivity index (χ4v) is 6.23. The Hall–Kier alpha value is -2.15. The van der Waals surface area contributed by atoms with Crippen LogP contribution in [0.1, 0.15) is 77.1 Å². The van der Waals surface area contributed by atoms with Crippen LogP contribution in [0, 0.1) is 34.5 Å². The molecule has 2 atom stereocenters. The van der Waals surface area contributed by atoms with Crippen molar-refractivity contribution in [2.75, 3.05) is 13.2 Å². The Bertz CT molecular complexity index is 916. The summed E-state index contributed by atoms with van der Waals surface area (Å²) in [4.78, 5) is 25.3. The lowest BCUT2D eigenvalue weighted by atomic mass is 9.48. The van der Waals surface area contributed by atoms with E-state index >= 15 is 0 Å². The molecule has 5 rings (SSSR count). The molecule has 0 aromatic carbocycles. The van der Waals surface area contributed by atoms with Gasteiger partial charge in [-0.2, -0.15) is 5.10 Å². The van der Waals surface area contributed by atoms with E-state index in [0.29, 0.717) is 41.7 Å². The summed E-state index contributed by atoms with van der Waals surface area (Å²) >= 11 is 0. The first kappa shape index (κ1) is 24.0. The van der Waals surface area contributed by atoms with Crippen LogP contribution < -0.4 is 10.1 Å². The minimum Gasteiger partial charge on any atom is -0.477 e. The Morgan fingerprint density at radius 1 is 1.30 bits per heavy atom. The first-order valence-electron chi connectivity index (χ1n) is 12.4. The molecule has 4 fully saturated rings. The lowest BCUT2D eigenvalue weighted by Crippen LogP contribution is -2.60. The molecule has 0 radical (unpaired) electrons. The van der Waals surface area contributed by atoms with Crippen molar-refractivity contribution in [3.8, 4) is 5.88 Å². The van der Waals surface area contributed by atoms with Gasteiger partial charge in [-0.1, -0.05) is 19.9 Å². The molecule has 7 heteroatoms. The van der Waals surface area contributed by atoms with Crippen molar-refractivity contribution in [3.63, 3.8) is 0 Å². The SMILES string of the molecule is CC(=O)C(C)(C)/C=C/n1ncc(C(=O)N[C@H]2C3CC4CC2C[C@](CO)(C4)C3)c1OCC(C)C. The molecule has 182 valence electrons. The number of aliphatic hydroxyl groups is 1. The molecular formula is C26H39N3O4. The maximum Gasteiger partial charge on any atom is 0.258 e. The van der Waals surface area contributed by atoms with E-state index in [-0.39, 0.29) is 29.8 Å². The number of rotatable bonds is 9. The van der Waals surface area contributed by atoms with Crippen LogP contribution in [0.25, 0.3) is 6.20 Å². The molecular weight excluding hydrogens is 418 g/mol. The largest absolute Gasteiger partial charge is 0.477 e. The summed E-state index contributed by atoms with van der Waals surface area (Å²) in [6.07, 6.45) is 10.5. The van der Waals surface area contributed by atoms with Gasteiger partial charge in [0, 0.05) is 24.3 Å². The van der Waals surface area contributed by atoms with Gasteiger partial charge in [0.1, 0.15) is 11.3 Å². The van der Waals surface area contributed by atoms with Gasteiger partial charge in [0.25, 0.3) is 5.91 Å². The number of ketones is 1. The second kappa shape index (κ2) is 8.90. The summed E-state index contributed by atoms with van der Waals surface area (Å²) in [5.41, 5.74) is -0.138. The molecule has 2 unspecified atom stereocenters. The topological polar surface area (TPSA) is 93.5 Å². The fourth-order valence-electron chi connectivity index (χ4n) is 6.23. The van der Waals surface area contributed by atoms with Crippen LogP contribution in [0.3, 0.4) is 0 Å². The predicted octanol–water partition coefficient (Wildman–Crippen LogP) is 3.92. The minimum absolute atomic E-state index is 0.0519. The standard InChI is InChI=1S/C26H39N3O4/c1-16(2)14-33-24-21(13-27-29(24)7-6-25(4,5)17(3)31)23(32)28-22-19-8-18-9-20(22)12-26(10-18,11-19)15-30/h6-7,13,16,18-20,22,30H,8-12,14-15H2,1-5H3,(H,28,32)/b7-6+/t18?,19?,20?,22-,26-. The number of nitrogens with one attached hydrogen (secondary N) is 1. The zero-order valence-corrected chi connectivity index (χ0v) is 20.6. The smallest absolute Gasteiger partial charge is 0.258 e. The Labute approximate surface area is 197 Å². The third kappa shape index (κ3) is 4.75. The summed E-state index contributed by atoms with van der Waals surface area (Å²) in [6.45, 7) is 10.1. The highest BCUT2D eigenvalue weighted by molar-refractivity contribution is 5.96. The van der Waals surface area contributed by atoms with E-state index < -0.39 is 5.41 Å². The summed E-state index contributed by atoms with van der Waals surface area (Å²) in [6, 6.07) is 0.141. The van der Waals surface area contributed by atoms with E-state index in [9.17, 15) is 14.7 Å². The lowest BCUT2D eigenvalue weighted by molar-refractivity contribution is -0.122. The molecule has 7 nitrogen and oxygen atoms in total. The van der Waals surface area contributed by atoms with Crippen molar-refractivity contribution in [1.82, 2.24) is 15.1 Å². The minimum atomic E-state index is -0.632. The van der Waals surface area contributed by atoms with Crippen molar-refractivity contribution in [1.29, 1.82) is 0 Å². The number of carbonyl (C=O) groups excluding carboxylic acids is 2. The number of Topliss-reactive ketones (excluding diaryl/α,β-unsaturated/α-hetero) is 1. The van der Waals surface area contributed by atoms with E-state index in [0.717, 1.165) is 32.1 Å². The molecule has 4 bridgehead atoms. The van der Waals surface area contributed by atoms with E-state index in [2.05, 4.69) is 24.3 Å². The van der Waals surface area contributed by atoms with Crippen molar-refractivity contribution >= 4 is 17.9 Å². The van der Waals surface area contributed by atoms with Crippen LogP contribution in [0.2, 0.25) is 0 Å². The highest BCUT2D eigenvalue weighted by atomic mass is 16.5. The van der Waals surface area contributed by atoms with Gasteiger partial charge in [-0.3, -0.25) is 9.59 Å². The van der Waals surface area contributed by atoms with E-state index in [1.807, 2.05) is 13.8 Å². The summed E-state index contributed by atoms with van der Waals surface area (Å²) in [7, 11) is 0. The van der Waals surface area contributed by atoms with Crippen LogP contribution in [-0.4, -0.2) is 45.8 Å². The number of aliphatic hydroxyl groups excluding tert-OH is 1. The van der Waals surface area contributed by atoms with Crippen LogP contribution >= 0.6 is 0 Å². The molecule has 0 saturated heterocycles. The molecule has 33 heavy (non-hydrogen) atoms. The second-order valence-electron chi connectivity index (χ2n) is 11.7. The van der Waals surface area contributed by atoms with Gasteiger partial charge >= 0.3 is 0 Å². The highest BCUT2D eigenvalue weighted by Gasteiger charge is 2.55. The number of aromatic nitrogens is 2. The second-order valence-corrected chi connectivity index (χ2v) is 11.7. The van der Waals surface area contributed by atoms with Crippen molar-refractivity contribution in [2.24, 2.45) is 34.5 Å². The lowest BCUT2D eigenvalue weighted by Gasteiger charge is -2.59. The summed E-state index contributed by atoms with van der Waals surface area (Å²) < 4.78 is 7.58. The van der Waals surface area contributed by atoms with Gasteiger partial charge in [0.15, 0.2) is 0 Å². The maximum absolute atomic E-state index is 13.4. The molecule has 0 spiro atoms. The normalized spacial score (nSPS) is 30.9. The third-order valence-electron chi connectivity index (χ3n) is 8.12. The number of ether oxygens (including phenoxy) is 1. The average Bonchev–Trinajstić information content (AvgIpc) is 3.15. The number of allylic oxidation sites excluding steroid dienone is 1. The van der Waals surface area contributed by atoms with E-state index in [1.165, 1.54) is 0 Å². The molecule has 4 aliphatic rings. The molecule has 0 aliphatic heterocycles. The Morgan fingerprint density at radius 2 is 1.97 bits per heavy atom. The van der Waals surface area contributed by atoms with Crippen LogP contribution in [-0.2, 0) is 4.79 Å². The first-order valence-corrected chi connectivity index (χ1v) is 12.4. The monoisotopic (exact) mass is 457 g/mol. The molecule has 1 aromatic heterocycles. The van der Waals surface area contributed by atoms with Crippen LogP contribution in [0.4, 0.5) is 0 Å². The summed E-state index contributed by atoms with van der Waals surface area (Å²) in [5.74, 6) is 2.14. The molecule has 4 saturated carbocycles. The van der Waals surface area contributed by atoms with Gasteiger partial charge in [-0.15, -0.1) is 0 Å². The quantitative estimate of drug-likeness (QED) is 0.586.